The number of esters is 2. The number of hydrogen-bond donors (Lipinski definition) is 2. The van der Waals surface area contributed by atoms with Crippen molar-refractivity contribution in [3.63, 3.8) is 0 Å². The molecule has 3 N–H and O–H groups in total. The Hall–Kier alpha value is -1.68. The maximum absolute atomic E-state index is 12.3. The van der Waals surface area contributed by atoms with Crippen LogP contribution in [-0.4, -0.2) is 46.7 Å². The van der Waals surface area contributed by atoms with Gasteiger partial charge in [0.2, 0.25) is 10.0 Å². The molecule has 0 fully saturated rings. The molecule has 0 saturated carbocycles. The molecule has 1 aromatic carbocycles. The van der Waals surface area contributed by atoms with Crippen molar-refractivity contribution >= 4 is 34.4 Å². The first-order chi connectivity index (χ1) is 10.5. The molecule has 24 heavy (non-hydrogen) atoms. The fourth-order valence-electron chi connectivity index (χ4n) is 1.59. The van der Waals surface area contributed by atoms with Crippen molar-refractivity contribution in [2.24, 2.45) is 5.73 Å². The standard InChI is InChI=1S/C14H20N2O6S.ClH/c1-14(2,15)8-16-23(19,20)11-6-9(12(17)21-3)5-10(7-11)13(18)22-4;/h5-7,16H,8,15H2,1-4H3;1H. The molecule has 136 valence electrons. The van der Waals surface area contributed by atoms with E-state index in [9.17, 15) is 18.0 Å². The van der Waals surface area contributed by atoms with E-state index < -0.39 is 27.5 Å². The zero-order valence-electron chi connectivity index (χ0n) is 13.8. The molecule has 0 aromatic heterocycles. The Balaban J connectivity index is 0.00000529. The summed E-state index contributed by atoms with van der Waals surface area (Å²) in [6.45, 7) is 3.28. The van der Waals surface area contributed by atoms with Crippen LogP contribution in [0.15, 0.2) is 23.1 Å². The van der Waals surface area contributed by atoms with E-state index >= 15 is 0 Å². The van der Waals surface area contributed by atoms with Gasteiger partial charge in [0, 0.05) is 12.1 Å². The molecule has 1 aromatic rings. The number of nitrogens with two attached hydrogens (primary N) is 1. The topological polar surface area (TPSA) is 125 Å². The molecule has 0 spiro atoms. The number of halogens is 1. The molecule has 8 nitrogen and oxygen atoms in total. The van der Waals surface area contributed by atoms with Crippen LogP contribution in [-0.2, 0) is 19.5 Å². The van der Waals surface area contributed by atoms with E-state index in [-0.39, 0.29) is 35.0 Å². The van der Waals surface area contributed by atoms with Crippen molar-refractivity contribution < 1.29 is 27.5 Å². The molecule has 0 unspecified atom stereocenters. The highest BCUT2D eigenvalue weighted by molar-refractivity contribution is 7.89. The number of rotatable bonds is 6. The second kappa shape index (κ2) is 8.43. The van der Waals surface area contributed by atoms with Gasteiger partial charge in [-0.2, -0.15) is 0 Å². The van der Waals surface area contributed by atoms with E-state index in [1.165, 1.54) is 6.07 Å². The van der Waals surface area contributed by atoms with E-state index in [2.05, 4.69) is 14.2 Å². The van der Waals surface area contributed by atoms with Gasteiger partial charge >= 0.3 is 11.9 Å². The molecule has 0 amide bonds. The number of carbonyl (C=O) groups excluding carboxylic acids is 2. The Morgan fingerprint density at radius 2 is 1.50 bits per heavy atom. The number of nitrogens with one attached hydrogen (secondary N) is 1. The van der Waals surface area contributed by atoms with Gasteiger partial charge in [0.05, 0.1) is 30.2 Å². The zero-order chi connectivity index (χ0) is 17.8. The summed E-state index contributed by atoms with van der Waals surface area (Å²) < 4.78 is 36.1. The summed E-state index contributed by atoms with van der Waals surface area (Å²) in [6, 6.07) is 3.43. The first kappa shape index (κ1) is 22.3. The highest BCUT2D eigenvalue weighted by atomic mass is 35.5. The Morgan fingerprint density at radius 1 is 1.08 bits per heavy atom. The van der Waals surface area contributed by atoms with Crippen LogP contribution in [0.4, 0.5) is 0 Å². The van der Waals surface area contributed by atoms with Gasteiger partial charge in [-0.3, -0.25) is 0 Å². The van der Waals surface area contributed by atoms with E-state index in [1.54, 1.807) is 13.8 Å². The summed E-state index contributed by atoms with van der Waals surface area (Å²) in [5.74, 6) is -1.54. The van der Waals surface area contributed by atoms with Gasteiger partial charge in [0.25, 0.3) is 0 Å². The van der Waals surface area contributed by atoms with E-state index in [1.807, 2.05) is 0 Å². The third kappa shape index (κ3) is 6.08. The van der Waals surface area contributed by atoms with Crippen LogP contribution >= 0.6 is 12.4 Å². The highest BCUT2D eigenvalue weighted by Gasteiger charge is 2.23. The summed E-state index contributed by atoms with van der Waals surface area (Å²) in [5, 5.41) is 0. The van der Waals surface area contributed by atoms with Crippen LogP contribution < -0.4 is 10.5 Å². The molecule has 0 heterocycles. The highest BCUT2D eigenvalue weighted by Crippen LogP contribution is 2.17. The minimum absolute atomic E-state index is 0. The van der Waals surface area contributed by atoms with Crippen LogP contribution in [0.1, 0.15) is 34.6 Å². The molecule has 0 bridgehead atoms. The number of ether oxygens (including phenoxy) is 2. The summed E-state index contributed by atoms with van der Waals surface area (Å²) in [5.41, 5.74) is 4.82. The molecular formula is C14H21ClN2O6S. The maximum Gasteiger partial charge on any atom is 0.337 e. The minimum Gasteiger partial charge on any atom is -0.465 e. The summed E-state index contributed by atoms with van der Waals surface area (Å²) >= 11 is 0. The Labute approximate surface area is 147 Å². The maximum atomic E-state index is 12.3. The number of sulfonamides is 1. The Bertz CT molecular complexity index is 678. The first-order valence-corrected chi connectivity index (χ1v) is 8.09. The van der Waals surface area contributed by atoms with Crippen molar-refractivity contribution in [2.75, 3.05) is 20.8 Å². The van der Waals surface area contributed by atoms with Gasteiger partial charge < -0.3 is 15.2 Å². The average molecular weight is 381 g/mol. The Kier molecular flexibility index (Phi) is 7.84. The van der Waals surface area contributed by atoms with Gasteiger partial charge in [-0.25, -0.2) is 22.7 Å². The number of hydrogen-bond acceptors (Lipinski definition) is 7. The third-order valence-corrected chi connectivity index (χ3v) is 4.16. The zero-order valence-corrected chi connectivity index (χ0v) is 15.4. The van der Waals surface area contributed by atoms with Crippen LogP contribution in [0.5, 0.6) is 0 Å². The summed E-state index contributed by atoms with van der Waals surface area (Å²) in [4.78, 5) is 23.1. The lowest BCUT2D eigenvalue weighted by Gasteiger charge is -2.19. The van der Waals surface area contributed by atoms with Gasteiger partial charge in [-0.15, -0.1) is 12.4 Å². The molecule has 10 heteroatoms. The van der Waals surface area contributed by atoms with Crippen molar-refractivity contribution in [3.05, 3.63) is 29.3 Å². The monoisotopic (exact) mass is 380 g/mol. The Morgan fingerprint density at radius 3 is 1.83 bits per heavy atom. The minimum atomic E-state index is -3.97. The largest absolute Gasteiger partial charge is 0.465 e. The smallest absolute Gasteiger partial charge is 0.337 e. The molecule has 0 atom stereocenters. The van der Waals surface area contributed by atoms with Gasteiger partial charge in [0.15, 0.2) is 0 Å². The molecule has 0 aliphatic rings. The molecule has 0 radical (unpaired) electrons. The first-order valence-electron chi connectivity index (χ1n) is 6.60. The number of methoxy groups -OCH3 is 2. The van der Waals surface area contributed by atoms with Gasteiger partial charge in [-0.1, -0.05) is 0 Å². The molecule has 0 aliphatic carbocycles. The van der Waals surface area contributed by atoms with E-state index in [0.29, 0.717) is 0 Å². The number of benzene rings is 1. The molecule has 0 aliphatic heterocycles. The molecule has 0 saturated heterocycles. The quantitative estimate of drug-likeness (QED) is 0.695. The normalized spacial score (nSPS) is 11.4. The van der Waals surface area contributed by atoms with Crippen LogP contribution in [0.3, 0.4) is 0 Å². The van der Waals surface area contributed by atoms with Crippen LogP contribution in [0, 0.1) is 0 Å². The predicted octanol–water partition coefficient (Wildman–Crippen LogP) is 0.697. The fourth-order valence-corrected chi connectivity index (χ4v) is 2.88. The second-order valence-corrected chi connectivity index (χ2v) is 7.31. The molecule has 1 rings (SSSR count). The lowest BCUT2D eigenvalue weighted by molar-refractivity contribution is 0.0598. The van der Waals surface area contributed by atoms with Gasteiger partial charge in [-0.05, 0) is 32.0 Å². The van der Waals surface area contributed by atoms with Gasteiger partial charge in [0.1, 0.15) is 0 Å². The fraction of sp³-hybridized carbons (Fsp3) is 0.429. The van der Waals surface area contributed by atoms with E-state index in [4.69, 9.17) is 5.73 Å². The third-order valence-electron chi connectivity index (χ3n) is 2.78. The van der Waals surface area contributed by atoms with Crippen molar-refractivity contribution in [1.82, 2.24) is 4.72 Å². The van der Waals surface area contributed by atoms with Crippen molar-refractivity contribution in [3.8, 4) is 0 Å². The lowest BCUT2D eigenvalue weighted by Crippen LogP contribution is -2.45. The summed E-state index contributed by atoms with van der Waals surface area (Å²) in [6.07, 6.45) is 0. The van der Waals surface area contributed by atoms with Crippen molar-refractivity contribution in [2.45, 2.75) is 24.3 Å². The average Bonchev–Trinajstić information content (AvgIpc) is 2.50. The van der Waals surface area contributed by atoms with Crippen molar-refractivity contribution in [1.29, 1.82) is 0 Å². The summed E-state index contributed by atoms with van der Waals surface area (Å²) in [7, 11) is -1.67. The van der Waals surface area contributed by atoms with Crippen LogP contribution in [0.2, 0.25) is 0 Å². The SMILES string of the molecule is COC(=O)c1cc(C(=O)OC)cc(S(=O)(=O)NCC(C)(C)N)c1.Cl. The lowest BCUT2D eigenvalue weighted by atomic mass is 10.1. The molecular weight excluding hydrogens is 360 g/mol. The second-order valence-electron chi connectivity index (χ2n) is 5.54. The van der Waals surface area contributed by atoms with E-state index in [0.717, 1.165) is 26.4 Å². The number of carbonyl (C=O) groups is 2. The van der Waals surface area contributed by atoms with Crippen LogP contribution in [0.25, 0.3) is 0 Å². The predicted molar refractivity (Wildman–Crippen MR) is 89.8 cm³/mol.